The fraction of sp³-hybridized carbons (Fsp3) is 0.312. The fourth-order valence-electron chi connectivity index (χ4n) is 3.07. The van der Waals surface area contributed by atoms with Crippen LogP contribution in [0.3, 0.4) is 0 Å². The van der Waals surface area contributed by atoms with Gasteiger partial charge in [-0.1, -0.05) is 11.2 Å². The lowest BCUT2D eigenvalue weighted by Gasteiger charge is -2.26. The molecule has 4 rings (SSSR count). The number of hydrogen-bond acceptors (Lipinski definition) is 7. The number of anilines is 2. The van der Waals surface area contributed by atoms with Gasteiger partial charge in [-0.05, 0) is 29.0 Å². The van der Waals surface area contributed by atoms with E-state index < -0.39 is 0 Å². The lowest BCUT2D eigenvalue weighted by molar-refractivity contribution is -0.113. The van der Waals surface area contributed by atoms with Gasteiger partial charge in [-0.2, -0.15) is 0 Å². The van der Waals surface area contributed by atoms with Crippen LogP contribution < -0.4 is 15.0 Å². The normalized spacial score (nSPS) is 15.2. The molecule has 0 bridgehead atoms. The minimum Gasteiger partial charge on any atom is -0.494 e. The van der Waals surface area contributed by atoms with E-state index in [1.165, 1.54) is 0 Å². The molecule has 1 aromatic heterocycles. The van der Waals surface area contributed by atoms with Crippen molar-refractivity contribution in [3.8, 4) is 5.75 Å². The van der Waals surface area contributed by atoms with Crippen molar-refractivity contribution >= 4 is 23.8 Å². The van der Waals surface area contributed by atoms with Crippen LogP contribution in [0.25, 0.3) is 0 Å². The second kappa shape index (κ2) is 5.69. The molecule has 9 heteroatoms. The Morgan fingerprint density at radius 2 is 2.20 bits per heavy atom. The lowest BCUT2D eigenvalue weighted by Crippen LogP contribution is -2.32. The predicted octanol–water partition coefficient (Wildman–Crippen LogP) is 0.977. The number of amides is 1. The Bertz CT molecular complexity index is 929. The van der Waals surface area contributed by atoms with Crippen LogP contribution >= 0.6 is 0 Å². The minimum atomic E-state index is -0.210. The summed E-state index contributed by atoms with van der Waals surface area (Å²) in [7, 11) is 3.42. The van der Waals surface area contributed by atoms with Crippen molar-refractivity contribution in [2.75, 3.05) is 24.4 Å². The zero-order chi connectivity index (χ0) is 17.6. The van der Waals surface area contributed by atoms with Gasteiger partial charge in [0.1, 0.15) is 0 Å². The van der Waals surface area contributed by atoms with E-state index in [1.54, 1.807) is 22.9 Å². The van der Waals surface area contributed by atoms with Gasteiger partial charge in [-0.25, -0.2) is 4.68 Å². The number of tetrazole rings is 1. The van der Waals surface area contributed by atoms with E-state index in [4.69, 9.17) is 4.74 Å². The Kier molecular flexibility index (Phi) is 3.48. The zero-order valence-corrected chi connectivity index (χ0v) is 14.1. The molecule has 0 fully saturated rings. The minimum absolute atomic E-state index is 0.210. The topological polar surface area (TPSA) is 97.5 Å². The third kappa shape index (κ3) is 2.35. The van der Waals surface area contributed by atoms with Crippen LogP contribution in [0.4, 0.5) is 11.6 Å². The number of rotatable bonds is 3. The van der Waals surface area contributed by atoms with Gasteiger partial charge < -0.3 is 15.0 Å². The molecule has 2 aliphatic rings. The van der Waals surface area contributed by atoms with E-state index in [0.29, 0.717) is 36.0 Å². The quantitative estimate of drug-likeness (QED) is 0.895. The summed E-state index contributed by atoms with van der Waals surface area (Å²) in [4.78, 5) is 18.9. The highest BCUT2D eigenvalue weighted by molar-refractivity contribution is 6.06. The van der Waals surface area contributed by atoms with E-state index >= 15 is 0 Å². The number of nitrogens with one attached hydrogen (secondary N) is 1. The molecule has 128 valence electrons. The molecule has 0 aliphatic carbocycles. The van der Waals surface area contributed by atoms with Crippen LogP contribution in [-0.2, 0) is 17.9 Å². The molecular weight excluding hydrogens is 322 g/mol. The van der Waals surface area contributed by atoms with Crippen LogP contribution in [0.15, 0.2) is 28.4 Å². The van der Waals surface area contributed by atoms with Crippen molar-refractivity contribution in [2.45, 2.75) is 20.0 Å². The number of benzene rings is 1. The molecule has 0 unspecified atom stereocenters. The third-order valence-electron chi connectivity index (χ3n) is 4.56. The molecule has 1 N–H and O–H groups in total. The summed E-state index contributed by atoms with van der Waals surface area (Å²) < 4.78 is 7.09. The number of allylic oxidation sites excluding steroid dienone is 1. The number of hydrogen-bond donors (Lipinski definition) is 1. The average Bonchev–Trinajstić information content (AvgIpc) is 3.26. The molecule has 1 aromatic carbocycles. The van der Waals surface area contributed by atoms with E-state index in [9.17, 15) is 4.79 Å². The van der Waals surface area contributed by atoms with Crippen LogP contribution in [0, 0.1) is 0 Å². The van der Waals surface area contributed by atoms with Crippen LogP contribution in [0.2, 0.25) is 0 Å². The SMILES string of the molecule is COc1c(NC(=O)C2=C(C)N(C)c3nnnn3C2)ccc2c1C=NC2. The molecule has 0 radical (unpaired) electrons. The first kappa shape index (κ1) is 15.3. The van der Waals surface area contributed by atoms with E-state index in [-0.39, 0.29) is 5.91 Å². The second-order valence-corrected chi connectivity index (χ2v) is 5.90. The third-order valence-corrected chi connectivity index (χ3v) is 4.56. The first-order chi connectivity index (χ1) is 12.1. The van der Waals surface area contributed by atoms with Gasteiger partial charge in [0.2, 0.25) is 5.95 Å². The molecule has 2 aliphatic heterocycles. The van der Waals surface area contributed by atoms with E-state index in [1.807, 2.05) is 26.1 Å². The maximum atomic E-state index is 12.9. The highest BCUT2D eigenvalue weighted by atomic mass is 16.5. The number of carbonyl (C=O) groups is 1. The number of fused-ring (bicyclic) bond motifs is 2. The van der Waals surface area contributed by atoms with Crippen LogP contribution in [-0.4, -0.2) is 46.5 Å². The molecule has 0 spiro atoms. The number of aromatic nitrogens is 4. The summed E-state index contributed by atoms with van der Waals surface area (Å²) in [6.07, 6.45) is 1.77. The van der Waals surface area contributed by atoms with Crippen molar-refractivity contribution in [3.63, 3.8) is 0 Å². The standard InChI is InChI=1S/C16H17N7O2/c1-9-12(8-23-16(22(9)2)19-20-21-23)15(24)18-13-5-4-10-6-17-7-11(10)14(13)25-3/h4-5,7H,6,8H2,1-3H3,(H,18,24). The molecule has 25 heavy (non-hydrogen) atoms. The Labute approximate surface area is 144 Å². The molecule has 2 aromatic rings. The monoisotopic (exact) mass is 339 g/mol. The molecule has 1 amide bonds. The first-order valence-corrected chi connectivity index (χ1v) is 7.81. The van der Waals surface area contributed by atoms with Crippen molar-refractivity contribution in [3.05, 3.63) is 34.5 Å². The van der Waals surface area contributed by atoms with Crippen LogP contribution in [0.1, 0.15) is 18.1 Å². The number of nitrogens with zero attached hydrogens (tertiary/aromatic N) is 6. The molecule has 0 saturated heterocycles. The van der Waals surface area contributed by atoms with Crippen molar-refractivity contribution < 1.29 is 9.53 Å². The molecule has 3 heterocycles. The van der Waals surface area contributed by atoms with Gasteiger partial charge in [-0.3, -0.25) is 9.79 Å². The summed E-state index contributed by atoms with van der Waals surface area (Å²) in [5.41, 5.74) is 4.01. The van der Waals surface area contributed by atoms with E-state index in [0.717, 1.165) is 16.8 Å². The summed E-state index contributed by atoms with van der Waals surface area (Å²) in [6, 6.07) is 3.79. The maximum Gasteiger partial charge on any atom is 0.255 e. The Balaban J connectivity index is 1.65. The number of aliphatic imine (C=N–C) groups is 1. The van der Waals surface area contributed by atoms with Gasteiger partial charge in [0, 0.05) is 24.5 Å². The van der Waals surface area contributed by atoms with Gasteiger partial charge in [0.15, 0.2) is 5.75 Å². The van der Waals surface area contributed by atoms with Crippen molar-refractivity contribution in [1.82, 2.24) is 20.2 Å². The lowest BCUT2D eigenvalue weighted by atomic mass is 10.1. The summed E-state index contributed by atoms with van der Waals surface area (Å²) in [6.45, 7) is 2.83. The fourth-order valence-corrected chi connectivity index (χ4v) is 3.07. The Morgan fingerprint density at radius 3 is 3.00 bits per heavy atom. The van der Waals surface area contributed by atoms with Crippen LogP contribution in [0.5, 0.6) is 5.75 Å². The Hall–Kier alpha value is -3.23. The molecular formula is C16H17N7O2. The maximum absolute atomic E-state index is 12.9. The number of carbonyl (C=O) groups excluding carboxylic acids is 1. The van der Waals surface area contributed by atoms with Crippen molar-refractivity contribution in [2.24, 2.45) is 4.99 Å². The molecule has 0 atom stereocenters. The highest BCUT2D eigenvalue weighted by Crippen LogP contribution is 2.34. The summed E-state index contributed by atoms with van der Waals surface area (Å²) >= 11 is 0. The predicted molar refractivity (Wildman–Crippen MR) is 91.8 cm³/mol. The number of ether oxygens (including phenoxy) is 1. The van der Waals surface area contributed by atoms with Gasteiger partial charge in [-0.15, -0.1) is 0 Å². The average molecular weight is 339 g/mol. The smallest absolute Gasteiger partial charge is 0.255 e. The second-order valence-electron chi connectivity index (χ2n) is 5.90. The largest absolute Gasteiger partial charge is 0.494 e. The summed E-state index contributed by atoms with van der Waals surface area (Å²) in [5.74, 6) is 1.02. The summed E-state index contributed by atoms with van der Waals surface area (Å²) in [5, 5.41) is 14.5. The van der Waals surface area contributed by atoms with Gasteiger partial charge >= 0.3 is 0 Å². The first-order valence-electron chi connectivity index (χ1n) is 7.81. The van der Waals surface area contributed by atoms with E-state index in [2.05, 4.69) is 25.8 Å². The van der Waals surface area contributed by atoms with Gasteiger partial charge in [0.05, 0.1) is 31.5 Å². The Morgan fingerprint density at radius 1 is 1.36 bits per heavy atom. The number of methoxy groups -OCH3 is 1. The molecule has 0 saturated carbocycles. The molecule has 9 nitrogen and oxygen atoms in total. The van der Waals surface area contributed by atoms with Gasteiger partial charge in [0.25, 0.3) is 5.91 Å². The highest BCUT2D eigenvalue weighted by Gasteiger charge is 2.27. The van der Waals surface area contributed by atoms with Crippen molar-refractivity contribution in [1.29, 1.82) is 0 Å². The zero-order valence-electron chi connectivity index (χ0n) is 14.1.